The lowest BCUT2D eigenvalue weighted by molar-refractivity contribution is -0.116. The summed E-state index contributed by atoms with van der Waals surface area (Å²) in [6, 6.07) is 14.5. The molecule has 10 nitrogen and oxygen atoms in total. The first kappa shape index (κ1) is 28.5. The van der Waals surface area contributed by atoms with E-state index in [0.29, 0.717) is 62.2 Å². The van der Waals surface area contributed by atoms with Crippen LogP contribution in [0.1, 0.15) is 30.7 Å². The van der Waals surface area contributed by atoms with E-state index in [-0.39, 0.29) is 28.8 Å². The number of carbonyl (C=O) groups excluding carboxylic acids is 2. The maximum absolute atomic E-state index is 13.3. The summed E-state index contributed by atoms with van der Waals surface area (Å²) >= 11 is 8.69. The number of carbonyl (C=O) groups is 2. The van der Waals surface area contributed by atoms with Crippen LogP contribution in [0.2, 0.25) is 5.02 Å². The van der Waals surface area contributed by atoms with Gasteiger partial charge in [-0.3, -0.25) is 14.5 Å². The maximum Gasteiger partial charge on any atom is 0.234 e. The molecule has 1 amide bonds. The number of Topliss-reactive ketones (excluding diaryl/α,β-unsaturated/α-hetero) is 1. The lowest BCUT2D eigenvalue weighted by Crippen LogP contribution is -2.38. The average molecular weight is 609 g/mol. The summed E-state index contributed by atoms with van der Waals surface area (Å²) in [4.78, 5) is 27.6. The van der Waals surface area contributed by atoms with Crippen molar-refractivity contribution in [1.29, 1.82) is 5.26 Å². The minimum absolute atomic E-state index is 0.0359. The van der Waals surface area contributed by atoms with Crippen LogP contribution >= 0.6 is 34.7 Å². The first-order valence-electron chi connectivity index (χ1n) is 12.5. The predicted octanol–water partition coefficient (Wildman–Crippen LogP) is 5.24. The molecule has 13 heteroatoms. The van der Waals surface area contributed by atoms with Crippen molar-refractivity contribution in [3.63, 3.8) is 0 Å². The van der Waals surface area contributed by atoms with Crippen molar-refractivity contribution in [3.8, 4) is 17.6 Å². The molecule has 0 saturated carbocycles. The third-order valence-electron chi connectivity index (χ3n) is 6.69. The van der Waals surface area contributed by atoms with Gasteiger partial charge in [0.15, 0.2) is 10.1 Å². The van der Waals surface area contributed by atoms with Gasteiger partial charge in [0.25, 0.3) is 0 Å². The molecule has 3 aromatic rings. The van der Waals surface area contributed by atoms with E-state index in [9.17, 15) is 14.9 Å². The number of hydrogen-bond donors (Lipinski definition) is 2. The van der Waals surface area contributed by atoms with Gasteiger partial charge < -0.3 is 20.5 Å². The van der Waals surface area contributed by atoms with E-state index in [1.807, 2.05) is 6.07 Å². The number of hydrogen-bond acceptors (Lipinski definition) is 11. The number of anilines is 2. The highest BCUT2D eigenvalue weighted by molar-refractivity contribution is 8.01. The van der Waals surface area contributed by atoms with Gasteiger partial charge in [0.05, 0.1) is 43.2 Å². The molecule has 2 aliphatic rings. The van der Waals surface area contributed by atoms with E-state index < -0.39 is 5.92 Å². The molecular formula is C28H25ClN6O4S2. The Morgan fingerprint density at radius 3 is 2.80 bits per heavy atom. The van der Waals surface area contributed by atoms with Gasteiger partial charge in [-0.1, -0.05) is 46.8 Å². The highest BCUT2D eigenvalue weighted by Crippen LogP contribution is 2.47. The Balaban J connectivity index is 1.39. The highest BCUT2D eigenvalue weighted by Gasteiger charge is 2.41. The second-order valence-corrected chi connectivity index (χ2v) is 11.7. The van der Waals surface area contributed by atoms with Crippen molar-refractivity contribution in [3.05, 3.63) is 75.7 Å². The second kappa shape index (κ2) is 12.2. The molecule has 2 aromatic carbocycles. The summed E-state index contributed by atoms with van der Waals surface area (Å²) in [6.07, 6.45) is 1.63. The van der Waals surface area contributed by atoms with Crippen LogP contribution in [0.4, 0.5) is 10.8 Å². The Kier molecular flexibility index (Phi) is 8.49. The number of ether oxygens (including phenoxy) is 2. The monoisotopic (exact) mass is 608 g/mol. The third-order valence-corrected chi connectivity index (χ3v) is 8.97. The van der Waals surface area contributed by atoms with Crippen LogP contribution in [0.15, 0.2) is 69.5 Å². The van der Waals surface area contributed by atoms with E-state index in [4.69, 9.17) is 26.8 Å². The van der Waals surface area contributed by atoms with Gasteiger partial charge in [-0.05, 0) is 42.7 Å². The Bertz CT molecular complexity index is 1630. The fraction of sp³-hybridized carbons (Fsp3) is 0.250. The molecule has 3 N–H and O–H groups in total. The van der Waals surface area contributed by atoms with E-state index in [2.05, 4.69) is 21.6 Å². The number of amides is 1. The van der Waals surface area contributed by atoms with Crippen molar-refractivity contribution < 1.29 is 19.1 Å². The van der Waals surface area contributed by atoms with Gasteiger partial charge in [0.2, 0.25) is 11.0 Å². The Morgan fingerprint density at radius 1 is 1.24 bits per heavy atom. The smallest absolute Gasteiger partial charge is 0.234 e. The number of allylic oxidation sites excluding steroid dienone is 3. The summed E-state index contributed by atoms with van der Waals surface area (Å²) < 4.78 is 11.1. The molecule has 41 heavy (non-hydrogen) atoms. The van der Waals surface area contributed by atoms with Crippen molar-refractivity contribution >= 4 is 57.2 Å². The van der Waals surface area contributed by atoms with Crippen molar-refractivity contribution in [2.75, 3.05) is 30.2 Å². The predicted molar refractivity (Wildman–Crippen MR) is 158 cm³/mol. The van der Waals surface area contributed by atoms with Crippen molar-refractivity contribution in [2.45, 2.75) is 29.5 Å². The zero-order valence-electron chi connectivity index (χ0n) is 22.1. The Labute approximate surface area is 249 Å². The molecule has 1 atom stereocenters. The molecule has 0 radical (unpaired) electrons. The number of benzene rings is 2. The molecular weight excluding hydrogens is 584 g/mol. The summed E-state index contributed by atoms with van der Waals surface area (Å²) in [5, 5.41) is 22.5. The van der Waals surface area contributed by atoms with Crippen LogP contribution in [0.5, 0.6) is 11.5 Å². The average Bonchev–Trinajstić information content (AvgIpc) is 3.44. The molecule has 0 spiro atoms. The minimum atomic E-state index is -0.613. The third kappa shape index (κ3) is 5.74. The molecule has 1 unspecified atom stereocenters. The highest BCUT2D eigenvalue weighted by atomic mass is 35.5. The lowest BCUT2D eigenvalue weighted by Gasteiger charge is -2.38. The maximum atomic E-state index is 13.3. The lowest BCUT2D eigenvalue weighted by atomic mass is 9.76. The van der Waals surface area contributed by atoms with Gasteiger partial charge >= 0.3 is 0 Å². The van der Waals surface area contributed by atoms with Gasteiger partial charge in [-0.25, -0.2) is 0 Å². The largest absolute Gasteiger partial charge is 0.497 e. The van der Waals surface area contributed by atoms with E-state index in [0.717, 1.165) is 5.56 Å². The second-order valence-electron chi connectivity index (χ2n) is 9.12. The normalized spacial score (nSPS) is 16.8. The number of thioether (sulfide) groups is 1. The molecule has 2 heterocycles. The topological polar surface area (TPSA) is 143 Å². The number of methoxy groups -OCH3 is 2. The van der Waals surface area contributed by atoms with E-state index in [1.165, 1.54) is 30.2 Å². The number of aromatic nitrogens is 2. The van der Waals surface area contributed by atoms with Gasteiger partial charge in [-0.15, -0.1) is 10.2 Å². The van der Waals surface area contributed by atoms with Crippen LogP contribution in [-0.4, -0.2) is 41.9 Å². The summed E-state index contributed by atoms with van der Waals surface area (Å²) in [6.45, 7) is 0. The van der Waals surface area contributed by atoms with Gasteiger partial charge in [0, 0.05) is 28.8 Å². The fourth-order valence-electron chi connectivity index (χ4n) is 4.89. The number of ketones is 1. The zero-order chi connectivity index (χ0) is 29.1. The first-order valence-corrected chi connectivity index (χ1v) is 14.7. The Morgan fingerprint density at radius 2 is 2.07 bits per heavy atom. The molecule has 0 fully saturated rings. The van der Waals surface area contributed by atoms with Crippen LogP contribution in [-0.2, 0) is 9.59 Å². The standard InChI is InChI=1S/C28H25ClN6O4S2/c1-38-17-9-10-19(22(12-17)39-2)32-23(37)14-40-28-34-33-27(41-28)35-20-7-4-8-21(36)25(20)24(18(13-30)26(35)31)15-5-3-6-16(29)11-15/h3,5-6,9-12,24H,4,7-8,14,31H2,1-2H3,(H,32,37). The van der Waals surface area contributed by atoms with E-state index >= 15 is 0 Å². The number of nitrogens with one attached hydrogen (secondary N) is 1. The van der Waals surface area contributed by atoms with Crippen LogP contribution < -0.4 is 25.4 Å². The van der Waals surface area contributed by atoms with Crippen LogP contribution in [0, 0.1) is 11.3 Å². The molecule has 5 rings (SSSR count). The molecule has 0 bridgehead atoms. The zero-order valence-corrected chi connectivity index (χ0v) is 24.5. The summed E-state index contributed by atoms with van der Waals surface area (Å²) in [5.41, 5.74) is 9.33. The fourth-order valence-corrected chi connectivity index (χ4v) is 6.77. The van der Waals surface area contributed by atoms with Crippen LogP contribution in [0.3, 0.4) is 0 Å². The summed E-state index contributed by atoms with van der Waals surface area (Å²) in [5.74, 6) is 0.447. The number of nitrogens with two attached hydrogens (primary N) is 1. The Hall–Kier alpha value is -4.05. The van der Waals surface area contributed by atoms with Crippen molar-refractivity contribution in [1.82, 2.24) is 10.2 Å². The molecule has 1 aliphatic heterocycles. The molecule has 1 aliphatic carbocycles. The minimum Gasteiger partial charge on any atom is -0.497 e. The van der Waals surface area contributed by atoms with Gasteiger partial charge in [0.1, 0.15) is 17.3 Å². The number of rotatable bonds is 8. The van der Waals surface area contributed by atoms with Crippen molar-refractivity contribution in [2.24, 2.45) is 5.73 Å². The molecule has 0 saturated heterocycles. The number of nitrogens with zero attached hydrogens (tertiary/aromatic N) is 4. The van der Waals surface area contributed by atoms with Gasteiger partial charge in [-0.2, -0.15) is 5.26 Å². The summed E-state index contributed by atoms with van der Waals surface area (Å²) in [7, 11) is 3.06. The SMILES string of the molecule is COc1ccc(NC(=O)CSc2nnc(N3C(N)=C(C#N)C(c4cccc(Cl)c4)C4=C3CCCC4=O)s2)c(OC)c1. The van der Waals surface area contributed by atoms with Crippen LogP contribution in [0.25, 0.3) is 0 Å². The van der Waals surface area contributed by atoms with E-state index in [1.54, 1.807) is 48.4 Å². The molecule has 1 aromatic heterocycles. The molecule has 210 valence electrons. The number of halogens is 1. The number of nitriles is 1. The first-order chi connectivity index (χ1) is 19.8. The quantitative estimate of drug-likeness (QED) is 0.326.